The molecule has 0 bridgehead atoms. The van der Waals surface area contributed by atoms with Gasteiger partial charge in [-0.1, -0.05) is 13.0 Å². The first-order valence-electron chi connectivity index (χ1n) is 3.40. The van der Waals surface area contributed by atoms with Crippen molar-refractivity contribution in [3.05, 3.63) is 12.7 Å². The SMILES string of the molecule is C=CC(C)(C)OCCC. The normalized spacial score (nSPS) is 11.4. The highest BCUT2D eigenvalue weighted by molar-refractivity contribution is 4.89. The Labute approximate surface area is 57.7 Å². The number of rotatable bonds is 4. The molecule has 0 saturated carbocycles. The van der Waals surface area contributed by atoms with Gasteiger partial charge in [0, 0.05) is 6.61 Å². The van der Waals surface area contributed by atoms with Gasteiger partial charge in [0.15, 0.2) is 0 Å². The van der Waals surface area contributed by atoms with Crippen LogP contribution in [0.1, 0.15) is 27.2 Å². The second kappa shape index (κ2) is 3.67. The van der Waals surface area contributed by atoms with Crippen LogP contribution in [0.3, 0.4) is 0 Å². The molecule has 0 aliphatic rings. The van der Waals surface area contributed by atoms with Crippen LogP contribution in [0.15, 0.2) is 12.7 Å². The summed E-state index contributed by atoms with van der Waals surface area (Å²) in [6.07, 6.45) is 2.89. The highest BCUT2D eigenvalue weighted by atomic mass is 16.5. The van der Waals surface area contributed by atoms with Crippen LogP contribution >= 0.6 is 0 Å². The van der Waals surface area contributed by atoms with E-state index in [9.17, 15) is 0 Å². The van der Waals surface area contributed by atoms with Crippen LogP contribution in [0.25, 0.3) is 0 Å². The molecule has 0 heterocycles. The third-order valence-corrected chi connectivity index (χ3v) is 1.17. The van der Waals surface area contributed by atoms with E-state index in [1.807, 2.05) is 19.9 Å². The maximum Gasteiger partial charge on any atom is 0.0803 e. The minimum atomic E-state index is -0.143. The molecule has 0 unspecified atom stereocenters. The summed E-state index contributed by atoms with van der Waals surface area (Å²) in [5, 5.41) is 0. The van der Waals surface area contributed by atoms with E-state index in [0.29, 0.717) is 0 Å². The minimum absolute atomic E-state index is 0.143. The van der Waals surface area contributed by atoms with Gasteiger partial charge >= 0.3 is 0 Å². The zero-order valence-electron chi connectivity index (χ0n) is 6.61. The molecule has 0 amide bonds. The fourth-order valence-corrected chi connectivity index (χ4v) is 0.424. The van der Waals surface area contributed by atoms with E-state index >= 15 is 0 Å². The van der Waals surface area contributed by atoms with Crippen molar-refractivity contribution in [3.8, 4) is 0 Å². The average Bonchev–Trinajstić information content (AvgIpc) is 1.84. The molecule has 0 radical (unpaired) electrons. The Bertz CT molecular complexity index is 84.6. The van der Waals surface area contributed by atoms with Gasteiger partial charge in [-0.25, -0.2) is 0 Å². The monoisotopic (exact) mass is 128 g/mol. The summed E-state index contributed by atoms with van der Waals surface area (Å²) in [5.74, 6) is 0. The molecule has 0 N–H and O–H groups in total. The molecule has 0 atom stereocenters. The standard InChI is InChI=1S/C8H16O/c1-5-7-9-8(3,4)6-2/h6H,2,5,7H2,1,3-4H3. The largest absolute Gasteiger partial charge is 0.372 e. The molecule has 0 rings (SSSR count). The van der Waals surface area contributed by atoms with E-state index in [1.165, 1.54) is 0 Å². The van der Waals surface area contributed by atoms with E-state index in [1.54, 1.807) is 0 Å². The molecule has 0 fully saturated rings. The summed E-state index contributed by atoms with van der Waals surface area (Å²) in [6, 6.07) is 0. The van der Waals surface area contributed by atoms with E-state index in [-0.39, 0.29) is 5.60 Å². The van der Waals surface area contributed by atoms with E-state index in [4.69, 9.17) is 4.74 Å². The highest BCUT2D eigenvalue weighted by Crippen LogP contribution is 2.09. The highest BCUT2D eigenvalue weighted by Gasteiger charge is 2.10. The van der Waals surface area contributed by atoms with Gasteiger partial charge in [-0.2, -0.15) is 0 Å². The number of hydrogen-bond acceptors (Lipinski definition) is 1. The van der Waals surface area contributed by atoms with Crippen LogP contribution in [-0.4, -0.2) is 12.2 Å². The van der Waals surface area contributed by atoms with Crippen molar-refractivity contribution < 1.29 is 4.74 Å². The predicted octanol–water partition coefficient (Wildman–Crippen LogP) is 2.38. The molecule has 54 valence electrons. The number of hydrogen-bond donors (Lipinski definition) is 0. The van der Waals surface area contributed by atoms with E-state index in [0.717, 1.165) is 13.0 Å². The van der Waals surface area contributed by atoms with Gasteiger partial charge in [0.25, 0.3) is 0 Å². The summed E-state index contributed by atoms with van der Waals surface area (Å²) in [7, 11) is 0. The molecule has 0 aromatic carbocycles. The van der Waals surface area contributed by atoms with Gasteiger partial charge in [-0.05, 0) is 20.3 Å². The Balaban J connectivity index is 3.45. The predicted molar refractivity (Wildman–Crippen MR) is 40.5 cm³/mol. The molecule has 9 heavy (non-hydrogen) atoms. The van der Waals surface area contributed by atoms with Gasteiger partial charge in [0.05, 0.1) is 5.60 Å². The summed E-state index contributed by atoms with van der Waals surface area (Å²) in [6.45, 7) is 10.6. The zero-order chi connectivity index (χ0) is 7.33. The lowest BCUT2D eigenvalue weighted by Gasteiger charge is -2.19. The molecule has 0 aliphatic heterocycles. The lowest BCUT2D eigenvalue weighted by Crippen LogP contribution is -2.20. The van der Waals surface area contributed by atoms with Crippen molar-refractivity contribution >= 4 is 0 Å². The van der Waals surface area contributed by atoms with Gasteiger partial charge in [-0.3, -0.25) is 0 Å². The summed E-state index contributed by atoms with van der Waals surface area (Å²) in [4.78, 5) is 0. The van der Waals surface area contributed by atoms with E-state index < -0.39 is 0 Å². The second-order valence-electron chi connectivity index (χ2n) is 2.66. The third kappa shape index (κ3) is 4.22. The van der Waals surface area contributed by atoms with Gasteiger partial charge in [0.1, 0.15) is 0 Å². The van der Waals surface area contributed by atoms with Crippen molar-refractivity contribution in [2.75, 3.05) is 6.61 Å². The lowest BCUT2D eigenvalue weighted by atomic mass is 10.1. The first-order valence-corrected chi connectivity index (χ1v) is 3.40. The van der Waals surface area contributed by atoms with Crippen molar-refractivity contribution in [1.82, 2.24) is 0 Å². The smallest absolute Gasteiger partial charge is 0.0803 e. The van der Waals surface area contributed by atoms with Crippen molar-refractivity contribution in [3.63, 3.8) is 0 Å². The Hall–Kier alpha value is -0.300. The molecular formula is C8H16O. The Kier molecular flexibility index (Phi) is 3.55. The summed E-state index contributed by atoms with van der Waals surface area (Å²) in [5.41, 5.74) is -0.143. The van der Waals surface area contributed by atoms with Crippen LogP contribution in [0.4, 0.5) is 0 Å². The lowest BCUT2D eigenvalue weighted by molar-refractivity contribution is 0.0204. The maximum atomic E-state index is 5.41. The van der Waals surface area contributed by atoms with Crippen LogP contribution in [0.5, 0.6) is 0 Å². The first-order chi connectivity index (χ1) is 4.12. The third-order valence-electron chi connectivity index (χ3n) is 1.17. The topological polar surface area (TPSA) is 9.23 Å². The maximum absolute atomic E-state index is 5.41. The van der Waals surface area contributed by atoms with Gasteiger partial charge in [-0.15, -0.1) is 6.58 Å². The van der Waals surface area contributed by atoms with Crippen LogP contribution in [0.2, 0.25) is 0 Å². The van der Waals surface area contributed by atoms with E-state index in [2.05, 4.69) is 13.5 Å². The fourth-order valence-electron chi connectivity index (χ4n) is 0.424. The molecule has 0 spiro atoms. The first kappa shape index (κ1) is 8.70. The average molecular weight is 128 g/mol. The molecular weight excluding hydrogens is 112 g/mol. The quantitative estimate of drug-likeness (QED) is 0.528. The second-order valence-corrected chi connectivity index (χ2v) is 2.66. The number of ether oxygens (including phenoxy) is 1. The van der Waals surface area contributed by atoms with Crippen LogP contribution < -0.4 is 0 Å². The van der Waals surface area contributed by atoms with Crippen LogP contribution in [-0.2, 0) is 4.74 Å². The van der Waals surface area contributed by atoms with Crippen molar-refractivity contribution in [1.29, 1.82) is 0 Å². The molecule has 0 aliphatic carbocycles. The molecule has 1 nitrogen and oxygen atoms in total. The van der Waals surface area contributed by atoms with Crippen molar-refractivity contribution in [2.45, 2.75) is 32.8 Å². The molecule has 0 aromatic rings. The van der Waals surface area contributed by atoms with Crippen molar-refractivity contribution in [2.24, 2.45) is 0 Å². The summed E-state index contributed by atoms with van der Waals surface area (Å²) >= 11 is 0. The Morgan fingerprint density at radius 3 is 2.44 bits per heavy atom. The van der Waals surface area contributed by atoms with Crippen LogP contribution in [0, 0.1) is 0 Å². The Morgan fingerprint density at radius 1 is 1.56 bits per heavy atom. The Morgan fingerprint density at radius 2 is 2.11 bits per heavy atom. The molecule has 0 saturated heterocycles. The fraction of sp³-hybridized carbons (Fsp3) is 0.750. The molecule has 0 aromatic heterocycles. The molecule has 1 heteroatoms. The van der Waals surface area contributed by atoms with Gasteiger partial charge < -0.3 is 4.74 Å². The summed E-state index contributed by atoms with van der Waals surface area (Å²) < 4.78 is 5.41. The zero-order valence-corrected chi connectivity index (χ0v) is 6.61. The minimum Gasteiger partial charge on any atom is -0.372 e. The van der Waals surface area contributed by atoms with Gasteiger partial charge in [0.2, 0.25) is 0 Å².